The summed E-state index contributed by atoms with van der Waals surface area (Å²) in [5, 5.41) is 0. The molecule has 352 valence electrons. The number of rotatable bonds is 31. The maximum absolute atomic E-state index is 6.30. The van der Waals surface area contributed by atoms with Gasteiger partial charge in [0.05, 0.1) is 0 Å². The van der Waals surface area contributed by atoms with Gasteiger partial charge in [-0.3, -0.25) is 0 Å². The normalized spacial score (nSPS) is 15.3. The summed E-state index contributed by atoms with van der Waals surface area (Å²) in [7, 11) is 0. The van der Waals surface area contributed by atoms with Crippen molar-refractivity contribution in [3.05, 3.63) is 129 Å². The molecule has 3 atom stereocenters. The second-order valence-electron chi connectivity index (χ2n) is 20.6. The van der Waals surface area contributed by atoms with Crippen LogP contribution in [0, 0.1) is 25.7 Å². The van der Waals surface area contributed by atoms with Gasteiger partial charge >= 0.3 is 0 Å². The molecule has 0 aliphatic heterocycles. The minimum Gasteiger partial charge on any atom is -0.399 e. The maximum Gasteiger partial charge on any atom is 0.0316 e. The van der Waals surface area contributed by atoms with Gasteiger partial charge in [-0.15, -0.1) is 0 Å². The summed E-state index contributed by atoms with van der Waals surface area (Å²) in [6.07, 6.45) is 37.8. The highest BCUT2D eigenvalue weighted by Crippen LogP contribution is 2.41. The molecule has 4 N–H and O–H groups in total. The lowest BCUT2D eigenvalue weighted by Crippen LogP contribution is -2.19. The first-order valence-corrected chi connectivity index (χ1v) is 27.2. The molecule has 4 aromatic carbocycles. The highest BCUT2D eigenvalue weighted by atomic mass is 14.5. The fraction of sp³-hybridized carbons (Fsp3) is 0.613. The molecule has 0 spiro atoms. The zero-order valence-corrected chi connectivity index (χ0v) is 41.9. The van der Waals surface area contributed by atoms with E-state index in [9.17, 15) is 0 Å². The van der Waals surface area contributed by atoms with Gasteiger partial charge in [0, 0.05) is 29.1 Å². The van der Waals surface area contributed by atoms with E-state index < -0.39 is 0 Å². The summed E-state index contributed by atoms with van der Waals surface area (Å²) in [6, 6.07) is 33.3. The van der Waals surface area contributed by atoms with Crippen molar-refractivity contribution >= 4 is 11.4 Å². The second kappa shape index (κ2) is 29.2. The first-order chi connectivity index (χ1) is 31.3. The Kier molecular flexibility index (Phi) is 23.5. The Morgan fingerprint density at radius 3 is 1.16 bits per heavy atom. The van der Waals surface area contributed by atoms with Crippen LogP contribution in [-0.2, 0) is 0 Å². The van der Waals surface area contributed by atoms with Crippen molar-refractivity contribution in [2.24, 2.45) is 11.8 Å². The Bertz CT molecular complexity index is 1720. The summed E-state index contributed by atoms with van der Waals surface area (Å²) in [4.78, 5) is 0. The maximum atomic E-state index is 6.30. The molecule has 0 saturated heterocycles. The van der Waals surface area contributed by atoms with Crippen LogP contribution in [0.1, 0.15) is 263 Å². The van der Waals surface area contributed by atoms with Gasteiger partial charge in [0.1, 0.15) is 0 Å². The van der Waals surface area contributed by atoms with Crippen LogP contribution in [0.2, 0.25) is 0 Å². The zero-order valence-electron chi connectivity index (χ0n) is 41.9. The fourth-order valence-electron chi connectivity index (χ4n) is 11.7. The predicted molar refractivity (Wildman–Crippen MR) is 283 cm³/mol. The van der Waals surface area contributed by atoms with E-state index in [1.54, 1.807) is 0 Å². The molecule has 64 heavy (non-hydrogen) atoms. The van der Waals surface area contributed by atoms with Gasteiger partial charge in [0.25, 0.3) is 0 Å². The Labute approximate surface area is 394 Å². The van der Waals surface area contributed by atoms with Gasteiger partial charge in [-0.05, 0) is 120 Å². The summed E-state index contributed by atoms with van der Waals surface area (Å²) in [5.74, 6) is 2.94. The third kappa shape index (κ3) is 16.7. The van der Waals surface area contributed by atoms with E-state index in [1.807, 2.05) is 0 Å². The molecule has 1 fully saturated rings. The molecule has 4 aromatic rings. The molecular weight excluding hydrogens is 773 g/mol. The first kappa shape index (κ1) is 51.5. The lowest BCUT2D eigenvalue weighted by atomic mass is 9.73. The standard InChI is InChI=1S/C62H94N2/c1-6-9-12-15-17-19-25-30-61(58-44-41-56(63)46-48(58)4)54-36-32-52(33-37-54)60(43-40-51(29-22-14-11-8-3)50-27-23-21-24-28-50)53-34-38-55(39-35-53)62(31-26-20-18-16-13-10-7-2)59-45-42-57(64)47-49(59)5/h32-39,41-42,44-47,50-51,60-62H,6-31,40,43,63-64H2,1-5H3. The zero-order chi connectivity index (χ0) is 45.4. The molecule has 1 saturated carbocycles. The number of hydrogen-bond donors (Lipinski definition) is 2. The number of anilines is 2. The topological polar surface area (TPSA) is 52.0 Å². The van der Waals surface area contributed by atoms with E-state index in [0.717, 1.165) is 23.2 Å². The smallest absolute Gasteiger partial charge is 0.0316 e. The molecule has 1 aliphatic carbocycles. The summed E-state index contributed by atoms with van der Waals surface area (Å²) in [6.45, 7) is 11.5. The van der Waals surface area contributed by atoms with Gasteiger partial charge in [-0.1, -0.05) is 236 Å². The highest BCUT2D eigenvalue weighted by molar-refractivity contribution is 5.50. The molecule has 3 unspecified atom stereocenters. The Morgan fingerprint density at radius 1 is 0.391 bits per heavy atom. The van der Waals surface area contributed by atoms with Crippen molar-refractivity contribution < 1.29 is 0 Å². The number of nitrogen functional groups attached to an aromatic ring is 2. The van der Waals surface area contributed by atoms with Gasteiger partial charge in [0.2, 0.25) is 0 Å². The highest BCUT2D eigenvalue weighted by Gasteiger charge is 2.26. The molecule has 0 radical (unpaired) electrons. The predicted octanol–water partition coefficient (Wildman–Crippen LogP) is 19.1. The van der Waals surface area contributed by atoms with Crippen LogP contribution >= 0.6 is 0 Å². The van der Waals surface area contributed by atoms with E-state index in [-0.39, 0.29) is 0 Å². The summed E-state index contributed by atoms with van der Waals surface area (Å²) in [5.41, 5.74) is 25.8. The van der Waals surface area contributed by atoms with Crippen LogP contribution in [0.3, 0.4) is 0 Å². The Hall–Kier alpha value is -3.52. The van der Waals surface area contributed by atoms with Gasteiger partial charge in [-0.25, -0.2) is 0 Å². The summed E-state index contributed by atoms with van der Waals surface area (Å²) < 4.78 is 0. The van der Waals surface area contributed by atoms with E-state index in [2.05, 4.69) is 120 Å². The van der Waals surface area contributed by atoms with Crippen LogP contribution in [0.25, 0.3) is 0 Å². The Balaban J connectivity index is 1.43. The van der Waals surface area contributed by atoms with Crippen molar-refractivity contribution in [2.75, 3.05) is 11.5 Å². The van der Waals surface area contributed by atoms with E-state index in [4.69, 9.17) is 11.5 Å². The number of nitrogens with two attached hydrogens (primary N) is 2. The van der Waals surface area contributed by atoms with Crippen LogP contribution in [0.15, 0.2) is 84.9 Å². The van der Waals surface area contributed by atoms with Crippen molar-refractivity contribution in [3.63, 3.8) is 0 Å². The van der Waals surface area contributed by atoms with Crippen molar-refractivity contribution in [2.45, 2.75) is 232 Å². The molecule has 2 heteroatoms. The summed E-state index contributed by atoms with van der Waals surface area (Å²) >= 11 is 0. The van der Waals surface area contributed by atoms with Crippen LogP contribution < -0.4 is 11.5 Å². The molecule has 2 nitrogen and oxygen atoms in total. The lowest BCUT2D eigenvalue weighted by Gasteiger charge is -2.32. The first-order valence-electron chi connectivity index (χ1n) is 27.2. The number of benzene rings is 4. The molecule has 1 aliphatic rings. The minimum atomic E-state index is 0.393. The number of unbranched alkanes of at least 4 members (excludes halogenated alkanes) is 15. The average molecular weight is 867 g/mol. The van der Waals surface area contributed by atoms with E-state index >= 15 is 0 Å². The van der Waals surface area contributed by atoms with E-state index in [1.165, 1.54) is 224 Å². The lowest BCUT2D eigenvalue weighted by molar-refractivity contribution is 0.214. The molecule has 0 aromatic heterocycles. The van der Waals surface area contributed by atoms with Crippen molar-refractivity contribution in [1.29, 1.82) is 0 Å². The molecule has 0 bridgehead atoms. The third-order valence-corrected chi connectivity index (χ3v) is 15.6. The fourth-order valence-corrected chi connectivity index (χ4v) is 11.7. The molecule has 0 amide bonds. The van der Waals surface area contributed by atoms with Gasteiger partial charge in [-0.2, -0.15) is 0 Å². The quantitative estimate of drug-likeness (QED) is 0.0391. The Morgan fingerprint density at radius 2 is 0.750 bits per heavy atom. The van der Waals surface area contributed by atoms with Crippen LogP contribution in [-0.4, -0.2) is 0 Å². The van der Waals surface area contributed by atoms with Gasteiger partial charge in [0.15, 0.2) is 0 Å². The van der Waals surface area contributed by atoms with E-state index in [0.29, 0.717) is 17.8 Å². The van der Waals surface area contributed by atoms with Crippen LogP contribution in [0.5, 0.6) is 0 Å². The minimum absolute atomic E-state index is 0.393. The third-order valence-electron chi connectivity index (χ3n) is 15.6. The van der Waals surface area contributed by atoms with Crippen molar-refractivity contribution in [3.8, 4) is 0 Å². The number of aryl methyl sites for hydroxylation is 2. The van der Waals surface area contributed by atoms with Gasteiger partial charge < -0.3 is 11.5 Å². The molecule has 5 rings (SSSR count). The molecule has 0 heterocycles. The monoisotopic (exact) mass is 867 g/mol. The SMILES string of the molecule is CCCCCCCCCC(c1ccc(C(CCC(CCCCCC)C2CCCCC2)c2ccc(C(CCCCCCCCC)c3ccc(N)cc3C)cc2)cc1)c1ccc(N)cc1C. The second-order valence-corrected chi connectivity index (χ2v) is 20.6. The average Bonchev–Trinajstić information content (AvgIpc) is 3.30. The number of hydrogen-bond acceptors (Lipinski definition) is 2. The van der Waals surface area contributed by atoms with Crippen molar-refractivity contribution in [1.82, 2.24) is 0 Å². The largest absolute Gasteiger partial charge is 0.399 e. The molecular formula is C62H94N2. The van der Waals surface area contributed by atoms with Crippen LogP contribution in [0.4, 0.5) is 11.4 Å².